The number of pyridine rings is 1. The highest BCUT2D eigenvalue weighted by Gasteiger charge is 2.07. The van der Waals surface area contributed by atoms with Gasteiger partial charge >= 0.3 is 5.97 Å². The van der Waals surface area contributed by atoms with Gasteiger partial charge in [0.25, 0.3) is 0 Å². The molecule has 2 aromatic heterocycles. The van der Waals surface area contributed by atoms with Gasteiger partial charge in [0.05, 0.1) is 6.54 Å². The molecule has 0 amide bonds. The Morgan fingerprint density at radius 2 is 2.33 bits per heavy atom. The van der Waals surface area contributed by atoms with E-state index in [9.17, 15) is 4.79 Å². The number of rotatable bonds is 5. The third-order valence-electron chi connectivity index (χ3n) is 2.38. The van der Waals surface area contributed by atoms with E-state index in [0.29, 0.717) is 12.4 Å². The third-order valence-corrected chi connectivity index (χ3v) is 2.38. The third kappa shape index (κ3) is 3.07. The van der Waals surface area contributed by atoms with E-state index in [2.05, 4.69) is 15.4 Å². The van der Waals surface area contributed by atoms with Crippen molar-refractivity contribution < 1.29 is 9.90 Å². The monoisotopic (exact) mass is 246 g/mol. The van der Waals surface area contributed by atoms with Gasteiger partial charge in [-0.05, 0) is 25.1 Å². The van der Waals surface area contributed by atoms with Gasteiger partial charge in [-0.3, -0.25) is 4.68 Å². The maximum absolute atomic E-state index is 10.8. The molecule has 0 bridgehead atoms. The summed E-state index contributed by atoms with van der Waals surface area (Å²) in [7, 11) is 0. The summed E-state index contributed by atoms with van der Waals surface area (Å²) in [6.45, 7) is 2.67. The molecule has 0 saturated heterocycles. The van der Waals surface area contributed by atoms with Crippen molar-refractivity contribution in [3.63, 3.8) is 0 Å². The number of hydrogen-bond donors (Lipinski definition) is 2. The highest BCUT2D eigenvalue weighted by Crippen LogP contribution is 2.07. The molecule has 0 saturated carbocycles. The van der Waals surface area contributed by atoms with Gasteiger partial charge < -0.3 is 10.4 Å². The summed E-state index contributed by atoms with van der Waals surface area (Å²) >= 11 is 0. The van der Waals surface area contributed by atoms with E-state index in [-0.39, 0.29) is 11.7 Å². The normalized spacial score (nSPS) is 12.1. The van der Waals surface area contributed by atoms with Crippen molar-refractivity contribution >= 4 is 11.8 Å². The van der Waals surface area contributed by atoms with Crippen LogP contribution in [0.25, 0.3) is 0 Å². The Labute approximate surface area is 104 Å². The van der Waals surface area contributed by atoms with E-state index in [1.54, 1.807) is 23.0 Å². The predicted molar refractivity (Wildman–Crippen MR) is 66.5 cm³/mol. The van der Waals surface area contributed by atoms with Gasteiger partial charge in [0.2, 0.25) is 0 Å². The number of aromatic carboxylic acids is 1. The highest BCUT2D eigenvalue weighted by atomic mass is 16.4. The highest BCUT2D eigenvalue weighted by molar-refractivity contribution is 5.85. The topological polar surface area (TPSA) is 80.0 Å². The van der Waals surface area contributed by atoms with E-state index in [1.165, 1.54) is 6.07 Å². The Morgan fingerprint density at radius 3 is 3.00 bits per heavy atom. The van der Waals surface area contributed by atoms with Crippen LogP contribution < -0.4 is 5.32 Å². The van der Waals surface area contributed by atoms with Gasteiger partial charge in [0.1, 0.15) is 5.82 Å². The summed E-state index contributed by atoms with van der Waals surface area (Å²) in [6.07, 6.45) is 3.59. The van der Waals surface area contributed by atoms with Gasteiger partial charge in [-0.1, -0.05) is 6.07 Å². The van der Waals surface area contributed by atoms with Crippen molar-refractivity contribution in [3.8, 4) is 0 Å². The van der Waals surface area contributed by atoms with Gasteiger partial charge in [-0.25, -0.2) is 9.78 Å². The van der Waals surface area contributed by atoms with Crippen LogP contribution in [0.4, 0.5) is 5.82 Å². The Morgan fingerprint density at radius 1 is 1.50 bits per heavy atom. The Hall–Kier alpha value is -2.37. The molecule has 18 heavy (non-hydrogen) atoms. The van der Waals surface area contributed by atoms with Crippen molar-refractivity contribution in [2.45, 2.75) is 19.5 Å². The van der Waals surface area contributed by atoms with Crippen LogP contribution in [0.3, 0.4) is 0 Å². The number of nitrogens with zero attached hydrogens (tertiary/aromatic N) is 3. The van der Waals surface area contributed by atoms with Crippen LogP contribution in [0.5, 0.6) is 0 Å². The Balaban J connectivity index is 2.00. The number of hydrogen-bond acceptors (Lipinski definition) is 4. The molecular weight excluding hydrogens is 232 g/mol. The zero-order valence-corrected chi connectivity index (χ0v) is 9.95. The van der Waals surface area contributed by atoms with Crippen LogP contribution in [-0.4, -0.2) is 31.9 Å². The summed E-state index contributed by atoms with van der Waals surface area (Å²) in [5, 5.41) is 16.1. The largest absolute Gasteiger partial charge is 0.477 e. The second-order valence-corrected chi connectivity index (χ2v) is 3.99. The van der Waals surface area contributed by atoms with Gasteiger partial charge in [0.15, 0.2) is 5.69 Å². The first-order valence-electron chi connectivity index (χ1n) is 5.59. The maximum atomic E-state index is 10.8. The number of nitrogens with one attached hydrogen (secondary N) is 1. The zero-order chi connectivity index (χ0) is 13.0. The predicted octanol–water partition coefficient (Wildman–Crippen LogP) is 1.48. The maximum Gasteiger partial charge on any atom is 0.354 e. The summed E-state index contributed by atoms with van der Waals surface area (Å²) in [4.78, 5) is 14.8. The molecule has 2 aromatic rings. The average molecular weight is 246 g/mol. The fourth-order valence-corrected chi connectivity index (χ4v) is 1.62. The van der Waals surface area contributed by atoms with E-state index < -0.39 is 5.97 Å². The van der Waals surface area contributed by atoms with E-state index >= 15 is 0 Å². The molecule has 6 nitrogen and oxygen atoms in total. The second kappa shape index (κ2) is 5.31. The van der Waals surface area contributed by atoms with Crippen molar-refractivity contribution in [1.29, 1.82) is 0 Å². The summed E-state index contributed by atoms with van der Waals surface area (Å²) in [6, 6.07) is 6.83. The fourth-order valence-electron chi connectivity index (χ4n) is 1.62. The molecule has 2 rings (SSSR count). The molecular formula is C12H14N4O2. The standard InChI is InChI=1S/C12H14N4O2/c1-9(8-16-7-3-6-13-16)14-11-5-2-4-10(15-11)12(17)18/h2-7,9H,8H2,1H3,(H,14,15)(H,17,18). The first-order chi connectivity index (χ1) is 8.65. The first kappa shape index (κ1) is 12.1. The van der Waals surface area contributed by atoms with Crippen LogP contribution in [-0.2, 0) is 6.54 Å². The van der Waals surface area contributed by atoms with Crippen LogP contribution in [0.2, 0.25) is 0 Å². The van der Waals surface area contributed by atoms with Gasteiger partial charge in [-0.15, -0.1) is 0 Å². The lowest BCUT2D eigenvalue weighted by atomic mass is 10.3. The summed E-state index contributed by atoms with van der Waals surface area (Å²) in [5.74, 6) is -0.479. The molecule has 0 spiro atoms. The lowest BCUT2D eigenvalue weighted by Crippen LogP contribution is -2.23. The number of carboxylic acid groups (broad SMARTS) is 1. The summed E-state index contributed by atoms with van der Waals surface area (Å²) in [5.41, 5.74) is 0.0336. The number of carbonyl (C=O) groups is 1. The first-order valence-corrected chi connectivity index (χ1v) is 5.59. The summed E-state index contributed by atoms with van der Waals surface area (Å²) < 4.78 is 1.80. The zero-order valence-electron chi connectivity index (χ0n) is 9.95. The Bertz CT molecular complexity index is 525. The molecule has 94 valence electrons. The van der Waals surface area contributed by atoms with Crippen molar-refractivity contribution in [2.75, 3.05) is 5.32 Å². The number of anilines is 1. The Kier molecular flexibility index (Phi) is 3.57. The van der Waals surface area contributed by atoms with Crippen LogP contribution >= 0.6 is 0 Å². The molecule has 0 fully saturated rings. The molecule has 2 N–H and O–H groups in total. The van der Waals surface area contributed by atoms with Crippen LogP contribution in [0, 0.1) is 0 Å². The van der Waals surface area contributed by atoms with Crippen LogP contribution in [0.1, 0.15) is 17.4 Å². The minimum atomic E-state index is -1.03. The number of carboxylic acids is 1. The quantitative estimate of drug-likeness (QED) is 0.835. The molecule has 6 heteroatoms. The van der Waals surface area contributed by atoms with Crippen molar-refractivity contribution in [2.24, 2.45) is 0 Å². The molecule has 1 unspecified atom stereocenters. The van der Waals surface area contributed by atoms with E-state index in [4.69, 9.17) is 5.11 Å². The lowest BCUT2D eigenvalue weighted by molar-refractivity contribution is 0.0690. The number of aromatic nitrogens is 3. The minimum absolute atomic E-state index is 0.0336. The molecule has 0 aromatic carbocycles. The minimum Gasteiger partial charge on any atom is -0.477 e. The molecule has 1 atom stereocenters. The molecule has 0 aliphatic heterocycles. The SMILES string of the molecule is CC(Cn1cccn1)Nc1cccc(C(=O)O)n1. The fraction of sp³-hybridized carbons (Fsp3) is 0.250. The van der Waals surface area contributed by atoms with Crippen molar-refractivity contribution in [3.05, 3.63) is 42.4 Å². The average Bonchev–Trinajstić information content (AvgIpc) is 2.82. The van der Waals surface area contributed by atoms with Crippen molar-refractivity contribution in [1.82, 2.24) is 14.8 Å². The lowest BCUT2D eigenvalue weighted by Gasteiger charge is -2.14. The molecule has 0 radical (unpaired) electrons. The molecule has 0 aliphatic carbocycles. The molecule has 0 aliphatic rings. The smallest absolute Gasteiger partial charge is 0.354 e. The van der Waals surface area contributed by atoms with Crippen LogP contribution in [0.15, 0.2) is 36.7 Å². The van der Waals surface area contributed by atoms with Gasteiger partial charge in [-0.2, -0.15) is 5.10 Å². The van der Waals surface area contributed by atoms with Gasteiger partial charge in [0, 0.05) is 18.4 Å². The van der Waals surface area contributed by atoms with E-state index in [0.717, 1.165) is 0 Å². The molecule has 2 heterocycles. The second-order valence-electron chi connectivity index (χ2n) is 3.99. The van der Waals surface area contributed by atoms with E-state index in [1.807, 2.05) is 19.2 Å².